The van der Waals surface area contributed by atoms with Gasteiger partial charge in [0.25, 0.3) is 0 Å². The fourth-order valence-electron chi connectivity index (χ4n) is 8.86. The molecule has 0 fully saturated rings. The number of hydrogen-bond donors (Lipinski definition) is 0. The van der Waals surface area contributed by atoms with E-state index in [2.05, 4.69) is 150 Å². The van der Waals surface area contributed by atoms with E-state index >= 15 is 0 Å². The number of benzene rings is 9. The van der Waals surface area contributed by atoms with Crippen molar-refractivity contribution in [2.24, 2.45) is 0 Å². The Labute approximate surface area is 372 Å². The fraction of sp³-hybridized carbons (Fsp3) is 0.0169. The van der Waals surface area contributed by atoms with Gasteiger partial charge in [-0.25, -0.2) is 19.8 Å². The van der Waals surface area contributed by atoms with E-state index in [9.17, 15) is 0 Å². The van der Waals surface area contributed by atoms with E-state index in [-0.39, 0.29) is 0 Å². The Balaban J connectivity index is 1.16. The molecule has 300 valence electrons. The first kappa shape index (κ1) is 38.2. The summed E-state index contributed by atoms with van der Waals surface area (Å²) < 4.78 is 7.61. The zero-order valence-corrected chi connectivity index (χ0v) is 34.6. The van der Waals surface area contributed by atoms with Crippen LogP contribution in [0.25, 0.3) is 83.5 Å². The molecule has 0 radical (unpaired) electrons. The van der Waals surface area contributed by atoms with Gasteiger partial charge in [-0.2, -0.15) is 0 Å². The predicted molar refractivity (Wildman–Crippen MR) is 258 cm³/mol. The zero-order chi connectivity index (χ0) is 42.9. The van der Waals surface area contributed by atoms with Gasteiger partial charge >= 0.3 is 0 Å². The minimum Gasteiger partial charge on any atom is -0.472 e. The van der Waals surface area contributed by atoms with Crippen LogP contribution >= 0.6 is 0 Å². The van der Waals surface area contributed by atoms with Crippen molar-refractivity contribution in [3.8, 4) is 84.4 Å². The maximum atomic E-state index is 8.01. The van der Waals surface area contributed by atoms with Gasteiger partial charge in [0, 0.05) is 33.4 Å². The maximum Gasteiger partial charge on any atom is 0.187 e. The molecule has 1 aliphatic rings. The van der Waals surface area contributed by atoms with Crippen molar-refractivity contribution in [3.05, 3.63) is 259 Å². The van der Waals surface area contributed by atoms with Crippen LogP contribution in [0.1, 0.15) is 16.7 Å². The number of nitrogens with zero attached hydrogens (tertiary/aromatic N) is 4. The first-order valence-electron chi connectivity index (χ1n) is 21.3. The first-order valence-corrected chi connectivity index (χ1v) is 21.3. The summed E-state index contributed by atoms with van der Waals surface area (Å²) in [7, 11) is 0. The lowest BCUT2D eigenvalue weighted by Gasteiger charge is -2.42. The second kappa shape index (κ2) is 16.3. The van der Waals surface area contributed by atoms with Crippen LogP contribution < -0.4 is 4.74 Å². The smallest absolute Gasteiger partial charge is 0.187 e. The molecule has 0 atom stereocenters. The molecule has 0 saturated carbocycles. The molecule has 0 N–H and O–H groups in total. The third-order valence-corrected chi connectivity index (χ3v) is 12.0. The van der Waals surface area contributed by atoms with Gasteiger partial charge in [0.2, 0.25) is 0 Å². The Kier molecular flexibility index (Phi) is 9.72. The van der Waals surface area contributed by atoms with Crippen LogP contribution in [0.3, 0.4) is 0 Å². The average molecular weight is 819 g/mol. The lowest BCUT2D eigenvalue weighted by molar-refractivity contribution is 0.153. The van der Waals surface area contributed by atoms with Crippen LogP contribution in [0.15, 0.2) is 231 Å². The number of para-hydroxylation sites is 1. The van der Waals surface area contributed by atoms with Crippen molar-refractivity contribution in [1.82, 2.24) is 15.0 Å². The molecule has 9 aromatic carbocycles. The zero-order valence-electron chi connectivity index (χ0n) is 34.6. The van der Waals surface area contributed by atoms with Crippen molar-refractivity contribution < 1.29 is 4.74 Å². The number of aromatic nitrogens is 3. The molecule has 1 aliphatic heterocycles. The Hall–Kier alpha value is -8.72. The van der Waals surface area contributed by atoms with Crippen LogP contribution in [0.5, 0.6) is 5.75 Å². The van der Waals surface area contributed by atoms with Gasteiger partial charge in [-0.1, -0.05) is 200 Å². The molecule has 0 spiro atoms. The molecule has 11 rings (SSSR count). The molecule has 10 aromatic rings. The third kappa shape index (κ3) is 6.90. The van der Waals surface area contributed by atoms with E-state index < -0.39 is 5.60 Å². The summed E-state index contributed by atoms with van der Waals surface area (Å²) in [6.07, 6.45) is 0. The van der Waals surface area contributed by atoms with Crippen molar-refractivity contribution in [3.63, 3.8) is 0 Å². The highest BCUT2D eigenvalue weighted by molar-refractivity contribution is 5.88. The molecular weight excluding hydrogens is 781 g/mol. The van der Waals surface area contributed by atoms with Crippen LogP contribution in [-0.2, 0) is 5.60 Å². The molecular formula is C59H38N4O. The maximum absolute atomic E-state index is 8.01. The third-order valence-electron chi connectivity index (χ3n) is 12.0. The number of hydrogen-bond acceptors (Lipinski definition) is 4. The molecule has 2 heterocycles. The van der Waals surface area contributed by atoms with E-state index in [1.54, 1.807) is 0 Å². The Morgan fingerprint density at radius 1 is 0.344 bits per heavy atom. The normalized spacial score (nSPS) is 12.3. The van der Waals surface area contributed by atoms with Gasteiger partial charge in [-0.05, 0) is 69.3 Å². The molecule has 0 unspecified atom stereocenters. The van der Waals surface area contributed by atoms with Gasteiger partial charge < -0.3 is 4.74 Å². The molecule has 1 aromatic heterocycles. The lowest BCUT2D eigenvalue weighted by atomic mass is 9.74. The molecule has 0 saturated heterocycles. The first-order chi connectivity index (χ1) is 31.6. The lowest BCUT2D eigenvalue weighted by Crippen LogP contribution is -2.39. The minimum absolute atomic E-state index is 0.478. The summed E-state index contributed by atoms with van der Waals surface area (Å²) in [5.41, 5.74) is 13.0. The highest BCUT2D eigenvalue weighted by Gasteiger charge is 2.45. The monoisotopic (exact) mass is 818 g/mol. The molecule has 5 nitrogen and oxygen atoms in total. The van der Waals surface area contributed by atoms with Gasteiger partial charge in [0.05, 0.1) is 12.1 Å². The van der Waals surface area contributed by atoms with Crippen molar-refractivity contribution in [2.45, 2.75) is 5.60 Å². The summed E-state index contributed by atoms with van der Waals surface area (Å²) in [6.45, 7) is 8.01. The van der Waals surface area contributed by atoms with E-state index in [0.29, 0.717) is 28.9 Å². The van der Waals surface area contributed by atoms with Crippen molar-refractivity contribution >= 4 is 5.69 Å². The SMILES string of the molecule is [C-]#[N+]c1ccc2c(c1)C(c1ccccc1)(c1ccccc1)Oc1c(-c3nc(-c4ccc(-c5ccccc5)cc4)nc(-c4cc(-c5ccccc5)cc(-c5ccccc5)c4)n3)cccc1-2. The second-order valence-electron chi connectivity index (χ2n) is 15.8. The Morgan fingerprint density at radius 2 is 0.781 bits per heavy atom. The summed E-state index contributed by atoms with van der Waals surface area (Å²) in [5, 5.41) is 0. The van der Waals surface area contributed by atoms with Gasteiger partial charge in [0.1, 0.15) is 5.75 Å². The molecule has 0 bridgehead atoms. The van der Waals surface area contributed by atoms with E-state index in [0.717, 1.165) is 77.9 Å². The highest BCUT2D eigenvalue weighted by atomic mass is 16.5. The second-order valence-corrected chi connectivity index (χ2v) is 15.8. The quantitative estimate of drug-likeness (QED) is 0.143. The van der Waals surface area contributed by atoms with Crippen LogP contribution in [-0.4, -0.2) is 15.0 Å². The molecule has 64 heavy (non-hydrogen) atoms. The Bertz CT molecular complexity index is 3230. The van der Waals surface area contributed by atoms with Gasteiger partial charge in [-0.3, -0.25) is 0 Å². The van der Waals surface area contributed by atoms with Gasteiger partial charge in [-0.15, -0.1) is 0 Å². The molecule has 0 aliphatic carbocycles. The van der Waals surface area contributed by atoms with Crippen molar-refractivity contribution in [2.75, 3.05) is 0 Å². The standard InChI is InChI=1S/C59H38N4O/c1-60-50-34-35-51-52-28-17-29-53(55(52)64-59(54(51)39-50,48-24-13-5-14-25-48)49-26-15-6-16-27-49)58-62-56(44-32-30-43(31-33-44)40-18-7-2-8-19-40)61-57(63-58)47-37-45(41-20-9-3-10-21-41)36-46(38-47)42-22-11-4-12-23-42/h2-39H. The number of fused-ring (bicyclic) bond motifs is 3. The van der Waals surface area contributed by atoms with E-state index in [1.807, 2.05) is 84.9 Å². The van der Waals surface area contributed by atoms with Crippen LogP contribution in [0.2, 0.25) is 0 Å². The molecule has 5 heteroatoms. The van der Waals surface area contributed by atoms with E-state index in [4.69, 9.17) is 26.3 Å². The topological polar surface area (TPSA) is 52.3 Å². The summed E-state index contributed by atoms with van der Waals surface area (Å²) >= 11 is 0. The van der Waals surface area contributed by atoms with Crippen molar-refractivity contribution in [1.29, 1.82) is 0 Å². The highest BCUT2D eigenvalue weighted by Crippen LogP contribution is 2.54. The minimum atomic E-state index is -1.11. The average Bonchev–Trinajstić information content (AvgIpc) is 3.39. The largest absolute Gasteiger partial charge is 0.472 e. The van der Waals surface area contributed by atoms with Crippen LogP contribution in [0, 0.1) is 6.57 Å². The predicted octanol–water partition coefficient (Wildman–Crippen LogP) is 14.8. The number of ether oxygens (including phenoxy) is 1. The summed E-state index contributed by atoms with van der Waals surface area (Å²) in [4.78, 5) is 19.8. The summed E-state index contributed by atoms with van der Waals surface area (Å²) in [5.74, 6) is 2.20. The molecule has 0 amide bonds. The van der Waals surface area contributed by atoms with Crippen LogP contribution in [0.4, 0.5) is 5.69 Å². The fourth-order valence-corrected chi connectivity index (χ4v) is 8.86. The summed E-state index contributed by atoms with van der Waals surface area (Å²) in [6, 6.07) is 78.7. The van der Waals surface area contributed by atoms with Gasteiger partial charge in [0.15, 0.2) is 28.8 Å². The van der Waals surface area contributed by atoms with E-state index in [1.165, 1.54) is 0 Å². The number of rotatable bonds is 8. The Morgan fingerprint density at radius 3 is 1.33 bits per heavy atom.